The minimum absolute atomic E-state index is 0.826. The molecule has 0 aliphatic heterocycles. The van der Waals surface area contributed by atoms with Crippen molar-refractivity contribution in [2.45, 2.75) is 17.7 Å². The summed E-state index contributed by atoms with van der Waals surface area (Å²) in [6, 6.07) is 16.3. The molecule has 0 spiro atoms. The van der Waals surface area contributed by atoms with E-state index in [0.29, 0.717) is 0 Å². The number of para-hydroxylation sites is 1. The van der Waals surface area contributed by atoms with Crippen molar-refractivity contribution in [1.29, 1.82) is 0 Å². The molecular weight excluding hydrogens is 254 g/mol. The summed E-state index contributed by atoms with van der Waals surface area (Å²) < 4.78 is 5.34. The first-order chi connectivity index (χ1) is 9.29. The molecule has 2 nitrogen and oxygen atoms in total. The SMILES string of the molecule is COc1ccccc1SCCCc1ccc(N)cc1. The maximum absolute atomic E-state index is 5.67. The van der Waals surface area contributed by atoms with Crippen LogP contribution in [0.1, 0.15) is 12.0 Å². The standard InChI is InChI=1S/C16H19NOS/c1-18-15-6-2-3-7-16(15)19-12-4-5-13-8-10-14(17)11-9-13/h2-3,6-11H,4-5,12,17H2,1H3. The summed E-state index contributed by atoms with van der Waals surface area (Å²) in [5, 5.41) is 0. The van der Waals surface area contributed by atoms with Crippen molar-refractivity contribution in [2.24, 2.45) is 0 Å². The molecular formula is C16H19NOS. The van der Waals surface area contributed by atoms with Crippen molar-refractivity contribution in [1.82, 2.24) is 0 Å². The molecule has 19 heavy (non-hydrogen) atoms. The fourth-order valence-corrected chi connectivity index (χ4v) is 2.86. The molecule has 2 rings (SSSR count). The van der Waals surface area contributed by atoms with E-state index >= 15 is 0 Å². The Balaban J connectivity index is 1.79. The lowest BCUT2D eigenvalue weighted by molar-refractivity contribution is 0.405. The minimum Gasteiger partial charge on any atom is -0.496 e. The first-order valence-corrected chi connectivity index (χ1v) is 7.38. The van der Waals surface area contributed by atoms with Gasteiger partial charge in [0, 0.05) is 10.6 Å². The van der Waals surface area contributed by atoms with Gasteiger partial charge in [0.15, 0.2) is 0 Å². The molecule has 0 aromatic heterocycles. The summed E-state index contributed by atoms with van der Waals surface area (Å²) >= 11 is 1.84. The molecule has 0 radical (unpaired) electrons. The zero-order valence-electron chi connectivity index (χ0n) is 11.1. The van der Waals surface area contributed by atoms with Gasteiger partial charge < -0.3 is 10.5 Å². The van der Waals surface area contributed by atoms with Gasteiger partial charge in [0.25, 0.3) is 0 Å². The van der Waals surface area contributed by atoms with E-state index in [1.54, 1.807) is 7.11 Å². The van der Waals surface area contributed by atoms with E-state index < -0.39 is 0 Å². The molecule has 0 amide bonds. The summed E-state index contributed by atoms with van der Waals surface area (Å²) in [6.45, 7) is 0. The number of hydrogen-bond donors (Lipinski definition) is 1. The lowest BCUT2D eigenvalue weighted by Gasteiger charge is -2.07. The van der Waals surface area contributed by atoms with E-state index in [4.69, 9.17) is 10.5 Å². The number of methoxy groups -OCH3 is 1. The average molecular weight is 273 g/mol. The third-order valence-corrected chi connectivity index (χ3v) is 4.06. The maximum atomic E-state index is 5.67. The van der Waals surface area contributed by atoms with Gasteiger partial charge in [-0.3, -0.25) is 0 Å². The Bertz CT molecular complexity index is 510. The molecule has 0 bridgehead atoms. The van der Waals surface area contributed by atoms with Gasteiger partial charge in [-0.05, 0) is 48.4 Å². The van der Waals surface area contributed by atoms with Gasteiger partial charge in [-0.25, -0.2) is 0 Å². The highest BCUT2D eigenvalue weighted by Gasteiger charge is 2.01. The van der Waals surface area contributed by atoms with Gasteiger partial charge in [-0.15, -0.1) is 11.8 Å². The molecule has 0 saturated heterocycles. The Hall–Kier alpha value is -1.61. The van der Waals surface area contributed by atoms with Gasteiger partial charge in [-0.1, -0.05) is 24.3 Å². The molecule has 2 aromatic carbocycles. The zero-order valence-corrected chi connectivity index (χ0v) is 12.0. The van der Waals surface area contributed by atoms with E-state index in [2.05, 4.69) is 18.2 Å². The number of ether oxygens (including phenoxy) is 1. The summed E-state index contributed by atoms with van der Waals surface area (Å²) in [6.07, 6.45) is 2.23. The molecule has 0 unspecified atom stereocenters. The molecule has 2 N–H and O–H groups in total. The predicted octanol–water partition coefficient (Wildman–Crippen LogP) is 4.00. The monoisotopic (exact) mass is 273 g/mol. The van der Waals surface area contributed by atoms with Crippen molar-refractivity contribution in [3.63, 3.8) is 0 Å². The normalized spacial score (nSPS) is 10.4. The largest absolute Gasteiger partial charge is 0.496 e. The van der Waals surface area contributed by atoms with Crippen LogP contribution in [0, 0.1) is 0 Å². The van der Waals surface area contributed by atoms with E-state index in [9.17, 15) is 0 Å². The number of thioether (sulfide) groups is 1. The Kier molecular flexibility index (Phi) is 5.16. The highest BCUT2D eigenvalue weighted by Crippen LogP contribution is 2.29. The lowest BCUT2D eigenvalue weighted by atomic mass is 10.1. The van der Waals surface area contributed by atoms with Crippen molar-refractivity contribution >= 4 is 17.4 Å². The summed E-state index contributed by atoms with van der Waals surface area (Å²) in [4.78, 5) is 1.21. The first-order valence-electron chi connectivity index (χ1n) is 6.40. The first kappa shape index (κ1) is 13.8. The van der Waals surface area contributed by atoms with Crippen LogP contribution in [0.3, 0.4) is 0 Å². The van der Waals surface area contributed by atoms with Crippen molar-refractivity contribution in [3.05, 3.63) is 54.1 Å². The average Bonchev–Trinajstić information content (AvgIpc) is 2.46. The Morgan fingerprint density at radius 1 is 1.05 bits per heavy atom. The van der Waals surface area contributed by atoms with E-state index in [1.807, 2.05) is 42.1 Å². The van der Waals surface area contributed by atoms with Crippen LogP contribution in [0.25, 0.3) is 0 Å². The van der Waals surface area contributed by atoms with Gasteiger partial charge in [-0.2, -0.15) is 0 Å². The second-order valence-electron chi connectivity index (χ2n) is 4.34. The molecule has 0 saturated carbocycles. The quantitative estimate of drug-likeness (QED) is 0.491. The van der Waals surface area contributed by atoms with Crippen LogP contribution < -0.4 is 10.5 Å². The van der Waals surface area contributed by atoms with Crippen molar-refractivity contribution in [3.8, 4) is 5.75 Å². The fraction of sp³-hybridized carbons (Fsp3) is 0.250. The molecule has 0 atom stereocenters. The molecule has 0 heterocycles. The Labute approximate surface area is 119 Å². The van der Waals surface area contributed by atoms with Crippen molar-refractivity contribution < 1.29 is 4.74 Å². The van der Waals surface area contributed by atoms with Crippen LogP contribution in [0.2, 0.25) is 0 Å². The number of anilines is 1. The summed E-state index contributed by atoms with van der Waals surface area (Å²) in [5.41, 5.74) is 7.84. The second kappa shape index (κ2) is 7.10. The van der Waals surface area contributed by atoms with Crippen LogP contribution in [-0.2, 0) is 6.42 Å². The van der Waals surface area contributed by atoms with E-state index in [0.717, 1.165) is 30.0 Å². The lowest BCUT2D eigenvalue weighted by Crippen LogP contribution is -1.91. The highest BCUT2D eigenvalue weighted by atomic mass is 32.2. The van der Waals surface area contributed by atoms with Crippen LogP contribution in [0.4, 0.5) is 5.69 Å². The molecule has 0 aliphatic carbocycles. The second-order valence-corrected chi connectivity index (χ2v) is 5.48. The van der Waals surface area contributed by atoms with Gasteiger partial charge in [0.05, 0.1) is 7.11 Å². The van der Waals surface area contributed by atoms with Crippen LogP contribution in [-0.4, -0.2) is 12.9 Å². The third kappa shape index (κ3) is 4.21. The van der Waals surface area contributed by atoms with E-state index in [-0.39, 0.29) is 0 Å². The smallest absolute Gasteiger partial charge is 0.132 e. The van der Waals surface area contributed by atoms with Gasteiger partial charge in [0.1, 0.15) is 5.75 Å². The zero-order chi connectivity index (χ0) is 13.5. The summed E-state index contributed by atoms with van der Waals surface area (Å²) in [5.74, 6) is 2.05. The van der Waals surface area contributed by atoms with Gasteiger partial charge >= 0.3 is 0 Å². The molecule has 0 fully saturated rings. The number of benzene rings is 2. The Morgan fingerprint density at radius 2 is 1.79 bits per heavy atom. The Morgan fingerprint density at radius 3 is 2.53 bits per heavy atom. The number of hydrogen-bond acceptors (Lipinski definition) is 3. The number of nitrogens with two attached hydrogens (primary N) is 1. The minimum atomic E-state index is 0.826. The highest BCUT2D eigenvalue weighted by molar-refractivity contribution is 7.99. The van der Waals surface area contributed by atoms with Crippen LogP contribution in [0.5, 0.6) is 5.75 Å². The van der Waals surface area contributed by atoms with Crippen LogP contribution >= 0.6 is 11.8 Å². The molecule has 2 aromatic rings. The topological polar surface area (TPSA) is 35.2 Å². The molecule has 0 aliphatic rings. The van der Waals surface area contributed by atoms with Gasteiger partial charge in [0.2, 0.25) is 0 Å². The number of aryl methyl sites for hydroxylation is 1. The maximum Gasteiger partial charge on any atom is 0.132 e. The summed E-state index contributed by atoms with van der Waals surface area (Å²) in [7, 11) is 1.72. The molecule has 3 heteroatoms. The van der Waals surface area contributed by atoms with Crippen LogP contribution in [0.15, 0.2) is 53.4 Å². The number of rotatable bonds is 6. The van der Waals surface area contributed by atoms with E-state index in [1.165, 1.54) is 10.5 Å². The predicted molar refractivity (Wildman–Crippen MR) is 82.9 cm³/mol. The fourth-order valence-electron chi connectivity index (χ4n) is 1.88. The third-order valence-electron chi connectivity index (χ3n) is 2.92. The number of nitrogen functional groups attached to an aromatic ring is 1. The molecule has 100 valence electrons. The van der Waals surface area contributed by atoms with Crippen molar-refractivity contribution in [2.75, 3.05) is 18.6 Å².